The highest BCUT2D eigenvalue weighted by Crippen LogP contribution is 2.55. The number of likely N-dealkylation sites (tertiary alicyclic amines) is 2. The molecule has 4 saturated heterocycles. The number of carbonyl (C=O) groups excluding carboxylic acids is 4. The van der Waals surface area contributed by atoms with E-state index in [-0.39, 0.29) is 59.5 Å². The van der Waals surface area contributed by atoms with Gasteiger partial charge in [0.05, 0.1) is 34.1 Å². The number of carbonyl (C=O) groups is 4. The molecular formula is C52H58ClN11O6. The van der Waals surface area contributed by atoms with E-state index < -0.39 is 17.5 Å². The van der Waals surface area contributed by atoms with Gasteiger partial charge in [-0.25, -0.2) is 0 Å². The highest BCUT2D eigenvalue weighted by atomic mass is 35.5. The van der Waals surface area contributed by atoms with Crippen LogP contribution in [0.3, 0.4) is 0 Å². The van der Waals surface area contributed by atoms with Crippen LogP contribution in [0.25, 0.3) is 22.0 Å². The van der Waals surface area contributed by atoms with E-state index in [2.05, 4.69) is 75.4 Å². The summed E-state index contributed by atoms with van der Waals surface area (Å²) < 4.78 is 9.56. The van der Waals surface area contributed by atoms with Gasteiger partial charge in [0.25, 0.3) is 17.4 Å². The molecule has 17 nitrogen and oxygen atoms in total. The Kier molecular flexibility index (Phi) is 12.5. The van der Waals surface area contributed by atoms with Crippen LogP contribution in [0.15, 0.2) is 77.9 Å². The lowest BCUT2D eigenvalue weighted by Crippen LogP contribution is -2.74. The molecule has 2 aromatic heterocycles. The van der Waals surface area contributed by atoms with Crippen LogP contribution in [-0.4, -0.2) is 116 Å². The maximum atomic E-state index is 13.6. The Labute approximate surface area is 411 Å². The molecule has 0 spiro atoms. The van der Waals surface area contributed by atoms with Gasteiger partial charge in [-0.15, -0.1) is 5.10 Å². The number of nitriles is 1. The lowest BCUT2D eigenvalue weighted by Gasteiger charge is -2.63. The van der Waals surface area contributed by atoms with Crippen LogP contribution in [0.4, 0.5) is 5.69 Å². The van der Waals surface area contributed by atoms with Gasteiger partial charge in [0, 0.05) is 98.2 Å². The first kappa shape index (κ1) is 47.1. The summed E-state index contributed by atoms with van der Waals surface area (Å²) >= 11 is 6.27. The van der Waals surface area contributed by atoms with Gasteiger partial charge >= 0.3 is 0 Å². The number of hydrogen-bond donors (Lipinski definition) is 2. The van der Waals surface area contributed by atoms with Crippen LogP contribution in [0.1, 0.15) is 94.2 Å². The van der Waals surface area contributed by atoms with Gasteiger partial charge in [-0.1, -0.05) is 56.6 Å². The molecule has 364 valence electrons. The summed E-state index contributed by atoms with van der Waals surface area (Å²) in [5, 5.41) is 28.4. The van der Waals surface area contributed by atoms with Crippen molar-refractivity contribution in [1.82, 2.24) is 45.2 Å². The number of ether oxygens (including phenoxy) is 1. The minimum atomic E-state index is -0.888. The monoisotopic (exact) mass is 967 g/mol. The molecule has 5 aromatic rings. The van der Waals surface area contributed by atoms with Crippen molar-refractivity contribution < 1.29 is 23.9 Å². The maximum absolute atomic E-state index is 13.6. The van der Waals surface area contributed by atoms with E-state index in [1.54, 1.807) is 30.3 Å². The topological polar surface area (TPSA) is 201 Å². The molecule has 5 aliphatic rings. The third kappa shape index (κ3) is 8.91. The van der Waals surface area contributed by atoms with Crippen molar-refractivity contribution in [3.05, 3.63) is 99.6 Å². The molecule has 70 heavy (non-hydrogen) atoms. The van der Waals surface area contributed by atoms with Crippen molar-refractivity contribution in [1.29, 1.82) is 5.26 Å². The largest absolute Gasteiger partial charge is 0.489 e. The summed E-state index contributed by atoms with van der Waals surface area (Å²) in [5.74, 6) is 0.165. The lowest BCUT2D eigenvalue weighted by molar-refractivity contribution is -0.164. The van der Waals surface area contributed by atoms with E-state index in [1.165, 1.54) is 0 Å². The Morgan fingerprint density at radius 3 is 2.31 bits per heavy atom. The van der Waals surface area contributed by atoms with Gasteiger partial charge in [0.1, 0.15) is 29.5 Å². The fraction of sp³-hybridized carbons (Fsp3) is 0.481. The van der Waals surface area contributed by atoms with Crippen molar-refractivity contribution in [2.24, 2.45) is 22.7 Å². The summed E-state index contributed by atoms with van der Waals surface area (Å²) in [4.78, 5) is 71.3. The van der Waals surface area contributed by atoms with E-state index in [9.17, 15) is 29.2 Å². The number of benzene rings is 3. The fourth-order valence-corrected chi connectivity index (χ4v) is 12.1. The van der Waals surface area contributed by atoms with Crippen molar-refractivity contribution in [3.63, 3.8) is 0 Å². The van der Waals surface area contributed by atoms with E-state index >= 15 is 0 Å². The molecule has 3 aromatic carbocycles. The third-order valence-corrected chi connectivity index (χ3v) is 16.0. The average Bonchev–Trinajstić information content (AvgIpc) is 3.83. The molecule has 2 N–H and O–H groups in total. The number of piperidine rings is 3. The number of nitrogens with one attached hydrogen (secondary N) is 2. The van der Waals surface area contributed by atoms with E-state index in [1.807, 2.05) is 41.4 Å². The van der Waals surface area contributed by atoms with Crippen LogP contribution in [-0.2, 0) is 14.4 Å². The van der Waals surface area contributed by atoms with Gasteiger partial charge in [-0.05, 0) is 86.1 Å². The predicted octanol–water partition coefficient (Wildman–Crippen LogP) is 5.78. The van der Waals surface area contributed by atoms with Crippen LogP contribution < -0.4 is 25.8 Å². The second-order valence-electron chi connectivity index (χ2n) is 21.0. The molecule has 0 radical (unpaired) electrons. The normalized spacial score (nSPS) is 23.0. The number of halogens is 1. The molecular weight excluding hydrogens is 910 g/mol. The van der Waals surface area contributed by atoms with Crippen molar-refractivity contribution in [3.8, 4) is 22.9 Å². The smallest absolute Gasteiger partial charge is 0.278 e. The van der Waals surface area contributed by atoms with Crippen molar-refractivity contribution in [2.75, 3.05) is 50.7 Å². The Morgan fingerprint density at radius 1 is 0.900 bits per heavy atom. The molecule has 1 atom stereocenters. The molecule has 18 heteroatoms. The summed E-state index contributed by atoms with van der Waals surface area (Å²) in [6.07, 6.45) is 8.14. The van der Waals surface area contributed by atoms with Crippen LogP contribution in [0.2, 0.25) is 5.02 Å². The maximum Gasteiger partial charge on any atom is 0.278 e. The molecule has 4 aliphatic heterocycles. The minimum absolute atomic E-state index is 0.103. The van der Waals surface area contributed by atoms with Crippen molar-refractivity contribution in [2.45, 2.75) is 90.4 Å². The highest BCUT2D eigenvalue weighted by molar-refractivity contribution is 6.31. The van der Waals surface area contributed by atoms with Crippen LogP contribution in [0, 0.1) is 34.0 Å². The predicted molar refractivity (Wildman–Crippen MR) is 262 cm³/mol. The number of aromatic nitrogens is 5. The summed E-state index contributed by atoms with van der Waals surface area (Å²) in [7, 11) is 0. The molecule has 1 aliphatic carbocycles. The Balaban J connectivity index is 0.655. The standard InChI is InChI=1S/C52H58ClN11O6/c1-51(2)49(52(3,4)50(51)70-39-11-9-34(25-54)41(53)24-39)57-45(66)33-7-5-32(6-8-33)35-26-55-63(30-35)37-17-19-60(20-18-37)27-31-15-21-61(22-16-31)47(68)36-28-62(29-36)38-10-12-42-40(23-38)48(69)64(59-58-42)43-13-14-44(65)56-46(43)67/h5-12,23-24,26,30-31,36-37,43,49-50H,13-22,27-29H2,1-4H3,(H,57,66)(H,56,65,67). The van der Waals surface area contributed by atoms with Gasteiger partial charge in [0.15, 0.2) is 0 Å². The average molecular weight is 969 g/mol. The van der Waals surface area contributed by atoms with Gasteiger partial charge in [0.2, 0.25) is 11.8 Å². The zero-order valence-electron chi connectivity index (χ0n) is 39.9. The molecule has 1 unspecified atom stereocenters. The number of imide groups is 1. The van der Waals surface area contributed by atoms with Crippen molar-refractivity contribution >= 4 is 51.8 Å². The number of hydrogen-bond acceptors (Lipinski definition) is 12. The van der Waals surface area contributed by atoms with E-state index in [4.69, 9.17) is 21.4 Å². The Morgan fingerprint density at radius 2 is 1.63 bits per heavy atom. The zero-order valence-corrected chi connectivity index (χ0v) is 40.7. The van der Waals surface area contributed by atoms with Crippen LogP contribution >= 0.6 is 11.6 Å². The fourth-order valence-electron chi connectivity index (χ4n) is 11.8. The van der Waals surface area contributed by atoms with Gasteiger partial charge in [-0.3, -0.25) is 34.0 Å². The summed E-state index contributed by atoms with van der Waals surface area (Å²) in [5.41, 5.74) is 3.06. The third-order valence-electron chi connectivity index (χ3n) is 15.7. The number of rotatable bonds is 11. The molecule has 4 amide bonds. The number of fused-ring (bicyclic) bond motifs is 1. The first-order valence-corrected chi connectivity index (χ1v) is 24.8. The van der Waals surface area contributed by atoms with E-state index in [0.29, 0.717) is 57.9 Å². The molecule has 1 saturated carbocycles. The number of amides is 4. The van der Waals surface area contributed by atoms with Gasteiger partial charge in [-0.2, -0.15) is 15.0 Å². The summed E-state index contributed by atoms with van der Waals surface area (Å²) in [6.45, 7) is 14.1. The first-order chi connectivity index (χ1) is 33.6. The SMILES string of the molecule is CC1(C)C(NC(=O)c2ccc(-c3cnn(C4CCN(CC5CCN(C(=O)C6CN(c7ccc8nnn(C9CCC(=O)NC9=O)c(=O)c8c7)C6)CC5)CC4)c3)cc2)C(C)(C)C1Oc1ccc(C#N)c(Cl)c1. The quantitative estimate of drug-likeness (QED) is 0.152. The molecule has 0 bridgehead atoms. The van der Waals surface area contributed by atoms with Gasteiger partial charge < -0.3 is 24.8 Å². The summed E-state index contributed by atoms with van der Waals surface area (Å²) in [6, 6.07) is 19.5. The highest BCUT2D eigenvalue weighted by Gasteiger charge is 2.64. The second kappa shape index (κ2) is 18.6. The van der Waals surface area contributed by atoms with E-state index in [0.717, 1.165) is 79.9 Å². The first-order valence-electron chi connectivity index (χ1n) is 24.4. The lowest BCUT2D eigenvalue weighted by atomic mass is 9.49. The Bertz CT molecular complexity index is 2940. The zero-order chi connectivity index (χ0) is 49.1. The number of nitrogens with zero attached hydrogens (tertiary/aromatic N) is 9. The second-order valence-corrected chi connectivity index (χ2v) is 21.4. The number of anilines is 1. The molecule has 5 fully saturated rings. The minimum Gasteiger partial charge on any atom is -0.489 e. The molecule has 6 heterocycles. The molecule has 10 rings (SSSR count). The Hall–Kier alpha value is -6.64. The van der Waals surface area contributed by atoms with Crippen LogP contribution in [0.5, 0.6) is 5.75 Å².